The van der Waals surface area contributed by atoms with E-state index in [1.165, 1.54) is 70.6 Å². The van der Waals surface area contributed by atoms with Crippen molar-refractivity contribution < 1.29 is 4.74 Å². The van der Waals surface area contributed by atoms with Crippen LogP contribution in [0.25, 0.3) is 0 Å². The Morgan fingerprint density at radius 2 is 1.40 bits per heavy atom. The van der Waals surface area contributed by atoms with Gasteiger partial charge in [0, 0.05) is 23.1 Å². The molecule has 2 N–H and O–H groups in total. The third kappa shape index (κ3) is 5.57. The zero-order valence-corrected chi connectivity index (χ0v) is 14.0. The lowest BCUT2D eigenvalue weighted by Gasteiger charge is -2.28. The summed E-state index contributed by atoms with van der Waals surface area (Å²) in [7, 11) is 0. The molecular weight excluding hydrogens is 266 g/mol. The van der Waals surface area contributed by atoms with Gasteiger partial charge in [0.15, 0.2) is 0 Å². The Morgan fingerprint density at radius 3 is 2.00 bits per heavy atom. The van der Waals surface area contributed by atoms with Gasteiger partial charge in [-0.2, -0.15) is 11.8 Å². The van der Waals surface area contributed by atoms with Crippen molar-refractivity contribution in [2.24, 2.45) is 5.73 Å². The highest BCUT2D eigenvalue weighted by molar-refractivity contribution is 8.00. The van der Waals surface area contributed by atoms with Crippen molar-refractivity contribution in [1.82, 2.24) is 0 Å². The molecule has 2 nitrogen and oxygen atoms in total. The molecule has 1 heterocycles. The number of hydrogen-bond acceptors (Lipinski definition) is 3. The molecule has 0 spiro atoms. The largest absolute Gasteiger partial charge is 0.377 e. The molecule has 1 saturated heterocycles. The van der Waals surface area contributed by atoms with E-state index < -0.39 is 0 Å². The summed E-state index contributed by atoms with van der Waals surface area (Å²) in [5.41, 5.74) is 6.52. The van der Waals surface area contributed by atoms with Crippen LogP contribution >= 0.6 is 11.8 Å². The van der Waals surface area contributed by atoms with E-state index in [1.54, 1.807) is 0 Å². The van der Waals surface area contributed by atoms with Gasteiger partial charge >= 0.3 is 0 Å². The highest BCUT2D eigenvalue weighted by atomic mass is 32.2. The summed E-state index contributed by atoms with van der Waals surface area (Å²) in [5, 5.41) is 1.34. The normalized spacial score (nSPS) is 38.1. The molecule has 0 amide bonds. The fourth-order valence-corrected chi connectivity index (χ4v) is 5.09. The van der Waals surface area contributed by atoms with Gasteiger partial charge < -0.3 is 10.5 Å². The molecule has 1 aliphatic carbocycles. The van der Waals surface area contributed by atoms with Gasteiger partial charge in [-0.15, -0.1) is 0 Å². The molecule has 0 radical (unpaired) electrons. The predicted octanol–water partition coefficient (Wildman–Crippen LogP) is 4.51. The second-order valence-corrected chi connectivity index (χ2v) is 8.13. The minimum atomic E-state index is 0.396. The van der Waals surface area contributed by atoms with Crippen LogP contribution in [0.1, 0.15) is 77.6 Å². The minimum Gasteiger partial charge on any atom is -0.377 e. The first-order valence-corrected chi connectivity index (χ1v) is 9.74. The van der Waals surface area contributed by atoms with Crippen molar-refractivity contribution in [2.75, 3.05) is 6.61 Å². The van der Waals surface area contributed by atoms with E-state index >= 15 is 0 Å². The van der Waals surface area contributed by atoms with Gasteiger partial charge in [0.05, 0.1) is 6.10 Å². The van der Waals surface area contributed by atoms with E-state index in [0.717, 1.165) is 6.61 Å². The van der Waals surface area contributed by atoms with E-state index in [9.17, 15) is 0 Å². The molecule has 0 aromatic heterocycles. The topological polar surface area (TPSA) is 35.2 Å². The second-order valence-electron chi connectivity index (χ2n) is 6.65. The van der Waals surface area contributed by atoms with Crippen LogP contribution in [0.5, 0.6) is 0 Å². The molecule has 0 bridgehead atoms. The quantitative estimate of drug-likeness (QED) is 0.815. The Kier molecular flexibility index (Phi) is 7.75. The lowest BCUT2D eigenvalue weighted by molar-refractivity contribution is 0.127. The van der Waals surface area contributed by atoms with E-state index in [0.29, 0.717) is 22.6 Å². The molecule has 1 aliphatic heterocycles. The zero-order chi connectivity index (χ0) is 14.2. The van der Waals surface area contributed by atoms with Crippen LogP contribution in [0.2, 0.25) is 0 Å². The van der Waals surface area contributed by atoms with Crippen molar-refractivity contribution in [3.8, 4) is 0 Å². The molecule has 0 aromatic rings. The Bertz CT molecular complexity index is 261. The molecule has 0 aromatic carbocycles. The van der Waals surface area contributed by atoms with Crippen LogP contribution in [0.4, 0.5) is 0 Å². The molecule has 1 saturated carbocycles. The van der Waals surface area contributed by atoms with Gasteiger partial charge in [-0.3, -0.25) is 0 Å². The Balaban J connectivity index is 1.83. The molecular formula is C17H33NOS. The van der Waals surface area contributed by atoms with Crippen LogP contribution < -0.4 is 5.73 Å². The SMILES string of the molecule is CC1OCCC1SC1CCCCCCCCCCC1N. The highest BCUT2D eigenvalue weighted by Gasteiger charge is 2.29. The predicted molar refractivity (Wildman–Crippen MR) is 89.3 cm³/mol. The third-order valence-corrected chi connectivity index (χ3v) is 6.81. The fourth-order valence-electron chi connectivity index (χ4n) is 3.47. The first-order valence-electron chi connectivity index (χ1n) is 8.80. The monoisotopic (exact) mass is 299 g/mol. The maximum absolute atomic E-state index is 6.52. The number of rotatable bonds is 2. The minimum absolute atomic E-state index is 0.396. The van der Waals surface area contributed by atoms with Gasteiger partial charge in [0.1, 0.15) is 0 Å². The summed E-state index contributed by atoms with van der Waals surface area (Å²) < 4.78 is 5.72. The van der Waals surface area contributed by atoms with E-state index in [1.807, 2.05) is 0 Å². The zero-order valence-electron chi connectivity index (χ0n) is 13.2. The number of hydrogen-bond donors (Lipinski definition) is 1. The van der Waals surface area contributed by atoms with Gasteiger partial charge in [-0.25, -0.2) is 0 Å². The average Bonchev–Trinajstić information content (AvgIpc) is 2.83. The number of nitrogens with two attached hydrogens (primary N) is 1. The Labute approximate surface area is 129 Å². The summed E-state index contributed by atoms with van der Waals surface area (Å²) in [6, 6.07) is 0.396. The van der Waals surface area contributed by atoms with Crippen molar-refractivity contribution >= 4 is 11.8 Å². The molecule has 118 valence electrons. The van der Waals surface area contributed by atoms with Gasteiger partial charge in [-0.1, -0.05) is 51.4 Å². The third-order valence-electron chi connectivity index (χ3n) is 4.91. The van der Waals surface area contributed by atoms with Crippen LogP contribution in [0, 0.1) is 0 Å². The van der Waals surface area contributed by atoms with E-state index in [2.05, 4.69) is 18.7 Å². The van der Waals surface area contributed by atoms with Crippen molar-refractivity contribution in [2.45, 2.75) is 100 Å². The van der Waals surface area contributed by atoms with E-state index in [4.69, 9.17) is 10.5 Å². The molecule has 2 rings (SSSR count). The second kappa shape index (κ2) is 9.32. The maximum Gasteiger partial charge on any atom is 0.0666 e. The van der Waals surface area contributed by atoms with Crippen LogP contribution in [-0.2, 0) is 4.74 Å². The van der Waals surface area contributed by atoms with Crippen LogP contribution in [0.3, 0.4) is 0 Å². The molecule has 20 heavy (non-hydrogen) atoms. The average molecular weight is 300 g/mol. The van der Waals surface area contributed by atoms with Gasteiger partial charge in [-0.05, 0) is 26.2 Å². The van der Waals surface area contributed by atoms with Crippen LogP contribution in [-0.4, -0.2) is 29.3 Å². The standard InChI is InChI=1S/C17H33NOS/c1-14-16(12-13-19-14)20-17-11-9-7-5-3-2-4-6-8-10-15(17)18/h14-17H,2-13,18H2,1H3. The van der Waals surface area contributed by atoms with Crippen molar-refractivity contribution in [1.29, 1.82) is 0 Å². The summed E-state index contributed by atoms with van der Waals surface area (Å²) in [5.74, 6) is 0. The molecule has 3 heteroatoms. The Hall–Kier alpha value is 0.270. The first-order chi connectivity index (χ1) is 9.77. The fraction of sp³-hybridized carbons (Fsp3) is 1.00. The molecule has 4 unspecified atom stereocenters. The van der Waals surface area contributed by atoms with E-state index in [-0.39, 0.29) is 0 Å². The van der Waals surface area contributed by atoms with Crippen LogP contribution in [0.15, 0.2) is 0 Å². The van der Waals surface area contributed by atoms with Gasteiger partial charge in [0.25, 0.3) is 0 Å². The first kappa shape index (κ1) is 16.6. The smallest absolute Gasteiger partial charge is 0.0666 e. The lowest BCUT2D eigenvalue weighted by Crippen LogP contribution is -2.35. The maximum atomic E-state index is 6.52. The number of ether oxygens (including phenoxy) is 1. The number of thioether (sulfide) groups is 1. The molecule has 2 fully saturated rings. The Morgan fingerprint density at radius 1 is 0.800 bits per heavy atom. The molecule has 4 atom stereocenters. The summed E-state index contributed by atoms with van der Waals surface area (Å²) in [6.07, 6.45) is 15.4. The molecule has 2 aliphatic rings. The summed E-state index contributed by atoms with van der Waals surface area (Å²) in [4.78, 5) is 0. The van der Waals surface area contributed by atoms with Crippen molar-refractivity contribution in [3.05, 3.63) is 0 Å². The summed E-state index contributed by atoms with van der Waals surface area (Å²) >= 11 is 2.15. The van der Waals surface area contributed by atoms with Gasteiger partial charge in [0.2, 0.25) is 0 Å². The van der Waals surface area contributed by atoms with Crippen molar-refractivity contribution in [3.63, 3.8) is 0 Å². The highest BCUT2D eigenvalue weighted by Crippen LogP contribution is 2.34. The lowest BCUT2D eigenvalue weighted by atomic mass is 9.98. The summed E-state index contributed by atoms with van der Waals surface area (Å²) in [6.45, 7) is 3.17.